The van der Waals surface area contributed by atoms with Gasteiger partial charge in [-0.15, -0.1) is 5.98 Å². The molecule has 0 aromatic heterocycles. The Morgan fingerprint density at radius 3 is 2.82 bits per heavy atom. The van der Waals surface area contributed by atoms with E-state index in [1.807, 2.05) is 18.2 Å². The second-order valence-electron chi connectivity index (χ2n) is 4.00. The molecular formula is C14H10BClS. The third-order valence-corrected chi connectivity index (χ3v) is 4.32. The van der Waals surface area contributed by atoms with Crippen LogP contribution in [0.3, 0.4) is 0 Å². The van der Waals surface area contributed by atoms with Gasteiger partial charge in [0.2, 0.25) is 0 Å². The van der Waals surface area contributed by atoms with Gasteiger partial charge in [-0.3, -0.25) is 0 Å². The molecule has 3 rings (SSSR count). The van der Waals surface area contributed by atoms with Crippen LogP contribution in [0, 0.1) is 0 Å². The maximum absolute atomic E-state index is 6.16. The molecule has 1 aliphatic rings. The van der Waals surface area contributed by atoms with E-state index in [4.69, 9.17) is 11.6 Å². The lowest BCUT2D eigenvalue weighted by molar-refractivity contribution is 1.41. The zero-order valence-corrected chi connectivity index (χ0v) is 10.8. The van der Waals surface area contributed by atoms with Gasteiger partial charge in [0.25, 0.3) is 0 Å². The van der Waals surface area contributed by atoms with Crippen LogP contribution in [-0.4, -0.2) is 7.28 Å². The Morgan fingerprint density at radius 1 is 1.06 bits per heavy atom. The summed E-state index contributed by atoms with van der Waals surface area (Å²) in [5, 5.41) is 0.816. The molecule has 17 heavy (non-hydrogen) atoms. The first-order valence-electron chi connectivity index (χ1n) is 5.55. The fraction of sp³-hybridized carbons (Fsp3) is 0. The molecule has 1 heterocycles. The highest BCUT2D eigenvalue weighted by Crippen LogP contribution is 2.32. The van der Waals surface area contributed by atoms with Crippen LogP contribution < -0.4 is 5.46 Å². The minimum atomic E-state index is 0.816. The predicted molar refractivity (Wildman–Crippen MR) is 77.8 cm³/mol. The van der Waals surface area contributed by atoms with Gasteiger partial charge in [0, 0.05) is 9.79 Å². The van der Waals surface area contributed by atoms with Crippen LogP contribution in [0.2, 0.25) is 5.02 Å². The molecule has 0 atom stereocenters. The van der Waals surface area contributed by atoms with Crippen molar-refractivity contribution in [2.45, 2.75) is 9.79 Å². The highest BCUT2D eigenvalue weighted by molar-refractivity contribution is 7.99. The molecule has 0 unspecified atom stereocenters. The SMILES string of the molecule is Clc1ccccc1Sc1ccc2c(c1)BC=C2. The van der Waals surface area contributed by atoms with Crippen LogP contribution >= 0.6 is 23.4 Å². The molecule has 3 heteroatoms. The van der Waals surface area contributed by atoms with E-state index < -0.39 is 0 Å². The van der Waals surface area contributed by atoms with Crippen molar-refractivity contribution in [3.05, 3.63) is 59.0 Å². The minimum absolute atomic E-state index is 0.816. The Balaban J connectivity index is 1.90. The molecule has 0 fully saturated rings. The Hall–Kier alpha value is -1.12. The van der Waals surface area contributed by atoms with Crippen molar-refractivity contribution in [3.63, 3.8) is 0 Å². The largest absolute Gasteiger partial charge is 0.183 e. The van der Waals surface area contributed by atoms with Crippen LogP contribution in [0.5, 0.6) is 0 Å². The number of rotatable bonds is 2. The molecule has 0 bridgehead atoms. The monoisotopic (exact) mass is 256 g/mol. The van der Waals surface area contributed by atoms with Crippen LogP contribution in [0.1, 0.15) is 5.56 Å². The van der Waals surface area contributed by atoms with Gasteiger partial charge < -0.3 is 0 Å². The molecule has 2 aromatic carbocycles. The zero-order chi connectivity index (χ0) is 11.7. The first kappa shape index (κ1) is 11.0. The van der Waals surface area contributed by atoms with E-state index in [1.54, 1.807) is 11.8 Å². The highest BCUT2D eigenvalue weighted by atomic mass is 35.5. The Labute approximate surface area is 111 Å². The number of hydrogen-bond donors (Lipinski definition) is 0. The van der Waals surface area contributed by atoms with Crippen molar-refractivity contribution in [2.75, 3.05) is 0 Å². The third-order valence-electron chi connectivity index (χ3n) is 2.81. The maximum Gasteiger partial charge on any atom is 0.183 e. The summed E-state index contributed by atoms with van der Waals surface area (Å²) in [6.45, 7) is 0. The number of benzene rings is 2. The molecule has 0 nitrogen and oxygen atoms in total. The number of hydrogen-bond acceptors (Lipinski definition) is 1. The summed E-state index contributed by atoms with van der Waals surface area (Å²) in [4.78, 5) is 2.36. The smallest absolute Gasteiger partial charge is 0.113 e. The number of fused-ring (bicyclic) bond motifs is 1. The first-order chi connectivity index (χ1) is 8.33. The summed E-state index contributed by atoms with van der Waals surface area (Å²) in [6.07, 6.45) is 2.18. The van der Waals surface area contributed by atoms with E-state index in [-0.39, 0.29) is 0 Å². The first-order valence-corrected chi connectivity index (χ1v) is 6.74. The summed E-state index contributed by atoms with van der Waals surface area (Å²) < 4.78 is 0. The maximum atomic E-state index is 6.16. The Kier molecular flexibility index (Phi) is 3.00. The van der Waals surface area contributed by atoms with Crippen LogP contribution in [-0.2, 0) is 0 Å². The van der Waals surface area contributed by atoms with Gasteiger partial charge in [-0.25, -0.2) is 0 Å². The van der Waals surface area contributed by atoms with Gasteiger partial charge in [0.1, 0.15) is 0 Å². The topological polar surface area (TPSA) is 0 Å². The molecular weight excluding hydrogens is 246 g/mol. The van der Waals surface area contributed by atoms with Gasteiger partial charge >= 0.3 is 0 Å². The van der Waals surface area contributed by atoms with E-state index in [0.717, 1.165) is 17.2 Å². The quantitative estimate of drug-likeness (QED) is 0.741. The third kappa shape index (κ3) is 2.29. The van der Waals surface area contributed by atoms with E-state index >= 15 is 0 Å². The zero-order valence-electron chi connectivity index (χ0n) is 9.19. The molecule has 0 aliphatic carbocycles. The molecule has 0 amide bonds. The summed E-state index contributed by atoms with van der Waals surface area (Å²) in [7, 11) is 1.05. The van der Waals surface area contributed by atoms with Crippen molar-refractivity contribution in [2.24, 2.45) is 0 Å². The van der Waals surface area contributed by atoms with E-state index in [1.165, 1.54) is 15.9 Å². The molecule has 2 aromatic rings. The van der Waals surface area contributed by atoms with Crippen molar-refractivity contribution < 1.29 is 0 Å². The minimum Gasteiger partial charge on any atom is -0.113 e. The van der Waals surface area contributed by atoms with Crippen LogP contribution in [0.25, 0.3) is 6.08 Å². The molecule has 0 spiro atoms. The fourth-order valence-electron chi connectivity index (χ4n) is 1.95. The average molecular weight is 257 g/mol. The lowest BCUT2D eigenvalue weighted by atomic mass is 9.73. The lowest BCUT2D eigenvalue weighted by Gasteiger charge is -2.06. The summed E-state index contributed by atoms with van der Waals surface area (Å²) >= 11 is 7.88. The molecule has 0 saturated heterocycles. The number of halogens is 1. The second-order valence-corrected chi connectivity index (χ2v) is 5.52. The predicted octanol–water partition coefficient (Wildman–Crippen LogP) is 3.54. The van der Waals surface area contributed by atoms with Crippen molar-refractivity contribution in [1.29, 1.82) is 0 Å². The Bertz CT molecular complexity index is 593. The average Bonchev–Trinajstić information content (AvgIpc) is 2.79. The Morgan fingerprint density at radius 2 is 1.94 bits per heavy atom. The summed E-state index contributed by atoms with van der Waals surface area (Å²) in [5.41, 5.74) is 2.75. The van der Waals surface area contributed by atoms with Gasteiger partial charge in [-0.2, -0.15) is 0 Å². The van der Waals surface area contributed by atoms with Gasteiger partial charge in [0.15, 0.2) is 7.28 Å². The van der Waals surface area contributed by atoms with E-state index in [2.05, 4.69) is 36.3 Å². The van der Waals surface area contributed by atoms with Crippen molar-refractivity contribution >= 4 is 42.2 Å². The van der Waals surface area contributed by atoms with E-state index in [9.17, 15) is 0 Å². The van der Waals surface area contributed by atoms with Gasteiger partial charge in [-0.1, -0.05) is 59.2 Å². The standard InChI is InChI=1S/C14H10BClS/c16-13-3-1-2-4-14(13)17-11-6-5-10-7-8-15-12(10)9-11/h1-9,15H. The van der Waals surface area contributed by atoms with Crippen molar-refractivity contribution in [1.82, 2.24) is 0 Å². The highest BCUT2D eigenvalue weighted by Gasteiger charge is 2.08. The summed E-state index contributed by atoms with van der Waals surface area (Å²) in [6, 6.07) is 14.5. The normalized spacial score (nSPS) is 12.3. The lowest BCUT2D eigenvalue weighted by Crippen LogP contribution is -2.10. The van der Waals surface area contributed by atoms with Crippen molar-refractivity contribution in [3.8, 4) is 0 Å². The van der Waals surface area contributed by atoms with Crippen LogP contribution in [0.15, 0.2) is 58.2 Å². The molecule has 82 valence electrons. The van der Waals surface area contributed by atoms with Crippen LogP contribution in [0.4, 0.5) is 0 Å². The van der Waals surface area contributed by atoms with Gasteiger partial charge in [0.05, 0.1) is 5.02 Å². The molecule has 0 radical (unpaired) electrons. The second kappa shape index (κ2) is 4.63. The fourth-order valence-corrected chi connectivity index (χ4v) is 3.11. The van der Waals surface area contributed by atoms with E-state index in [0.29, 0.717) is 0 Å². The molecule has 0 N–H and O–H groups in total. The molecule has 1 aliphatic heterocycles. The summed E-state index contributed by atoms with van der Waals surface area (Å²) in [5.74, 6) is 2.20. The molecule has 0 saturated carbocycles. The van der Waals surface area contributed by atoms with Gasteiger partial charge in [-0.05, 0) is 23.8 Å².